The molecule has 0 amide bonds. The van der Waals surface area contributed by atoms with Crippen LogP contribution in [0.2, 0.25) is 0 Å². The number of rotatable bonds is 4. The Kier molecular flexibility index (Phi) is 3.73. The van der Waals surface area contributed by atoms with Gasteiger partial charge < -0.3 is 10.1 Å². The van der Waals surface area contributed by atoms with Crippen molar-refractivity contribution in [2.45, 2.75) is 13.0 Å². The molecule has 1 aromatic heterocycles. The van der Waals surface area contributed by atoms with E-state index in [9.17, 15) is 0 Å². The Hall–Kier alpha value is -1.87. The SMILES string of the molecule is CNC(C)c1ccc(Oc2ccccc2)nc1. The van der Waals surface area contributed by atoms with Crippen LogP contribution in [-0.4, -0.2) is 12.0 Å². The first-order valence-corrected chi connectivity index (χ1v) is 5.65. The highest BCUT2D eigenvalue weighted by molar-refractivity contribution is 5.28. The van der Waals surface area contributed by atoms with Gasteiger partial charge in [-0.1, -0.05) is 24.3 Å². The van der Waals surface area contributed by atoms with E-state index in [-0.39, 0.29) is 0 Å². The van der Waals surface area contributed by atoms with E-state index in [1.807, 2.05) is 55.7 Å². The van der Waals surface area contributed by atoms with Gasteiger partial charge in [-0.2, -0.15) is 0 Å². The number of hydrogen-bond donors (Lipinski definition) is 1. The van der Waals surface area contributed by atoms with Gasteiger partial charge in [-0.3, -0.25) is 0 Å². The fourth-order valence-corrected chi connectivity index (χ4v) is 1.48. The van der Waals surface area contributed by atoms with Crippen molar-refractivity contribution in [3.8, 4) is 11.6 Å². The molecule has 1 unspecified atom stereocenters. The smallest absolute Gasteiger partial charge is 0.219 e. The third kappa shape index (κ3) is 3.04. The second-order valence-corrected chi connectivity index (χ2v) is 3.86. The summed E-state index contributed by atoms with van der Waals surface area (Å²) in [6.07, 6.45) is 1.83. The van der Waals surface area contributed by atoms with Gasteiger partial charge in [-0.25, -0.2) is 4.98 Å². The van der Waals surface area contributed by atoms with Gasteiger partial charge in [-0.05, 0) is 31.7 Å². The van der Waals surface area contributed by atoms with Crippen molar-refractivity contribution in [2.24, 2.45) is 0 Å². The van der Waals surface area contributed by atoms with Gasteiger partial charge in [0.15, 0.2) is 0 Å². The lowest BCUT2D eigenvalue weighted by atomic mass is 10.1. The normalized spacial score (nSPS) is 12.1. The summed E-state index contributed by atoms with van der Waals surface area (Å²) in [6.45, 7) is 2.09. The molecule has 2 aromatic rings. The minimum atomic E-state index is 0.299. The van der Waals surface area contributed by atoms with E-state index in [2.05, 4.69) is 17.2 Å². The van der Waals surface area contributed by atoms with Crippen molar-refractivity contribution >= 4 is 0 Å². The number of nitrogens with one attached hydrogen (secondary N) is 1. The third-order valence-electron chi connectivity index (χ3n) is 2.66. The molecule has 0 spiro atoms. The standard InChI is InChI=1S/C14H16N2O/c1-11(15-2)12-8-9-14(16-10-12)17-13-6-4-3-5-7-13/h3-11,15H,1-2H3. The minimum Gasteiger partial charge on any atom is -0.439 e. The number of hydrogen-bond acceptors (Lipinski definition) is 3. The van der Waals surface area contributed by atoms with E-state index in [1.54, 1.807) is 0 Å². The summed E-state index contributed by atoms with van der Waals surface area (Å²) in [5, 5.41) is 3.17. The molecule has 0 saturated carbocycles. The predicted octanol–water partition coefficient (Wildman–Crippen LogP) is 3.15. The number of benzene rings is 1. The Morgan fingerprint density at radius 2 is 1.88 bits per heavy atom. The van der Waals surface area contributed by atoms with Crippen LogP contribution in [0.3, 0.4) is 0 Å². The fourth-order valence-electron chi connectivity index (χ4n) is 1.48. The molecule has 3 nitrogen and oxygen atoms in total. The first-order chi connectivity index (χ1) is 8.29. The van der Waals surface area contributed by atoms with Crippen LogP contribution in [0.25, 0.3) is 0 Å². The molecule has 0 bridgehead atoms. The second kappa shape index (κ2) is 5.46. The van der Waals surface area contributed by atoms with E-state index in [0.717, 1.165) is 11.3 Å². The van der Waals surface area contributed by atoms with Crippen LogP contribution < -0.4 is 10.1 Å². The molecule has 0 fully saturated rings. The molecular weight excluding hydrogens is 212 g/mol. The maximum atomic E-state index is 5.62. The van der Waals surface area contributed by atoms with Crippen LogP contribution >= 0.6 is 0 Å². The molecule has 0 aliphatic carbocycles. The third-order valence-corrected chi connectivity index (χ3v) is 2.66. The summed E-state index contributed by atoms with van der Waals surface area (Å²) in [7, 11) is 1.93. The van der Waals surface area contributed by atoms with Gasteiger partial charge in [0.25, 0.3) is 0 Å². The van der Waals surface area contributed by atoms with Crippen molar-refractivity contribution < 1.29 is 4.74 Å². The molecule has 1 N–H and O–H groups in total. The highest BCUT2D eigenvalue weighted by Gasteiger charge is 2.03. The molecule has 1 aromatic carbocycles. The van der Waals surface area contributed by atoms with Crippen LogP contribution in [0.15, 0.2) is 48.7 Å². The Bertz CT molecular complexity index is 453. The first kappa shape index (κ1) is 11.6. The quantitative estimate of drug-likeness (QED) is 0.872. The molecule has 1 heterocycles. The van der Waals surface area contributed by atoms with Gasteiger partial charge >= 0.3 is 0 Å². The number of ether oxygens (including phenoxy) is 1. The van der Waals surface area contributed by atoms with E-state index < -0.39 is 0 Å². The summed E-state index contributed by atoms with van der Waals surface area (Å²) in [4.78, 5) is 4.28. The van der Waals surface area contributed by atoms with Gasteiger partial charge in [0.05, 0.1) is 0 Å². The Morgan fingerprint density at radius 3 is 2.47 bits per heavy atom. The topological polar surface area (TPSA) is 34.1 Å². The van der Waals surface area contributed by atoms with E-state index in [4.69, 9.17) is 4.74 Å². The Labute approximate surface area is 101 Å². The highest BCUT2D eigenvalue weighted by Crippen LogP contribution is 2.20. The van der Waals surface area contributed by atoms with Crippen molar-refractivity contribution in [1.82, 2.24) is 10.3 Å². The fraction of sp³-hybridized carbons (Fsp3) is 0.214. The summed E-state index contributed by atoms with van der Waals surface area (Å²) >= 11 is 0. The summed E-state index contributed by atoms with van der Waals surface area (Å²) in [6, 6.07) is 13.9. The summed E-state index contributed by atoms with van der Waals surface area (Å²) < 4.78 is 5.62. The molecule has 2 rings (SSSR count). The lowest BCUT2D eigenvalue weighted by Gasteiger charge is -2.10. The van der Waals surface area contributed by atoms with Crippen molar-refractivity contribution in [2.75, 3.05) is 7.05 Å². The largest absolute Gasteiger partial charge is 0.439 e. The summed E-state index contributed by atoms with van der Waals surface area (Å²) in [5.41, 5.74) is 1.15. The van der Waals surface area contributed by atoms with Gasteiger partial charge in [-0.15, -0.1) is 0 Å². The first-order valence-electron chi connectivity index (χ1n) is 5.65. The molecule has 88 valence electrons. The average molecular weight is 228 g/mol. The average Bonchev–Trinajstić information content (AvgIpc) is 2.40. The second-order valence-electron chi connectivity index (χ2n) is 3.86. The molecule has 3 heteroatoms. The lowest BCUT2D eigenvalue weighted by molar-refractivity contribution is 0.462. The van der Waals surface area contributed by atoms with Crippen molar-refractivity contribution in [1.29, 1.82) is 0 Å². The molecule has 0 radical (unpaired) electrons. The predicted molar refractivity (Wildman–Crippen MR) is 68.2 cm³/mol. The minimum absolute atomic E-state index is 0.299. The van der Waals surface area contributed by atoms with Crippen LogP contribution in [0.4, 0.5) is 0 Å². The molecule has 0 aliphatic rings. The molecule has 17 heavy (non-hydrogen) atoms. The Morgan fingerprint density at radius 1 is 1.12 bits per heavy atom. The Balaban J connectivity index is 2.08. The maximum Gasteiger partial charge on any atom is 0.219 e. The molecular formula is C14H16N2O. The van der Waals surface area contributed by atoms with Crippen LogP contribution in [0.5, 0.6) is 11.6 Å². The lowest BCUT2D eigenvalue weighted by Crippen LogP contribution is -2.12. The van der Waals surface area contributed by atoms with Crippen molar-refractivity contribution in [3.05, 3.63) is 54.2 Å². The van der Waals surface area contributed by atoms with Crippen molar-refractivity contribution in [3.63, 3.8) is 0 Å². The zero-order valence-corrected chi connectivity index (χ0v) is 10.1. The van der Waals surface area contributed by atoms with Gasteiger partial charge in [0, 0.05) is 18.3 Å². The molecule has 0 aliphatic heterocycles. The van der Waals surface area contributed by atoms with E-state index >= 15 is 0 Å². The van der Waals surface area contributed by atoms with Gasteiger partial charge in [0.2, 0.25) is 5.88 Å². The van der Waals surface area contributed by atoms with Gasteiger partial charge in [0.1, 0.15) is 5.75 Å². The van der Waals surface area contributed by atoms with E-state index in [1.165, 1.54) is 0 Å². The summed E-state index contributed by atoms with van der Waals surface area (Å²) in [5.74, 6) is 1.41. The van der Waals surface area contributed by atoms with Crippen LogP contribution in [0.1, 0.15) is 18.5 Å². The zero-order valence-electron chi connectivity index (χ0n) is 10.1. The number of aromatic nitrogens is 1. The highest BCUT2D eigenvalue weighted by atomic mass is 16.5. The monoisotopic (exact) mass is 228 g/mol. The zero-order chi connectivity index (χ0) is 12.1. The number of pyridine rings is 1. The molecule has 0 saturated heterocycles. The van der Waals surface area contributed by atoms with E-state index in [0.29, 0.717) is 11.9 Å². The van der Waals surface area contributed by atoms with Crippen LogP contribution in [-0.2, 0) is 0 Å². The van der Waals surface area contributed by atoms with Crippen LogP contribution in [0, 0.1) is 0 Å². The molecule has 1 atom stereocenters. The maximum absolute atomic E-state index is 5.62. The number of nitrogens with zero attached hydrogens (tertiary/aromatic N) is 1. The number of para-hydroxylation sites is 1.